The van der Waals surface area contributed by atoms with E-state index in [0.717, 1.165) is 30.8 Å². The average Bonchev–Trinajstić information content (AvgIpc) is 2.85. The highest BCUT2D eigenvalue weighted by molar-refractivity contribution is 5.88. The molecule has 0 saturated carbocycles. The molecule has 0 atom stereocenters. The van der Waals surface area contributed by atoms with E-state index in [-0.39, 0.29) is 0 Å². The third-order valence-electron chi connectivity index (χ3n) is 3.39. The van der Waals surface area contributed by atoms with Crippen molar-refractivity contribution in [1.82, 2.24) is 9.47 Å². The minimum absolute atomic E-state index is 0.608. The summed E-state index contributed by atoms with van der Waals surface area (Å²) in [6, 6.07) is 10.4. The van der Waals surface area contributed by atoms with Crippen molar-refractivity contribution in [3.05, 3.63) is 42.6 Å². The van der Waals surface area contributed by atoms with Crippen molar-refractivity contribution < 1.29 is 0 Å². The lowest BCUT2D eigenvalue weighted by atomic mass is 10.2. The van der Waals surface area contributed by atoms with Gasteiger partial charge >= 0.3 is 0 Å². The van der Waals surface area contributed by atoms with E-state index in [4.69, 9.17) is 5.73 Å². The molecule has 1 aromatic heterocycles. The molecule has 1 aliphatic heterocycles. The van der Waals surface area contributed by atoms with Crippen molar-refractivity contribution in [3.8, 4) is 0 Å². The van der Waals surface area contributed by atoms with Crippen molar-refractivity contribution in [1.29, 1.82) is 0 Å². The molecule has 1 aromatic carbocycles. The molecule has 1 aliphatic rings. The molecule has 0 saturated heterocycles. The van der Waals surface area contributed by atoms with Gasteiger partial charge in [0, 0.05) is 19.3 Å². The second-order valence-corrected chi connectivity index (χ2v) is 4.72. The van der Waals surface area contributed by atoms with E-state index >= 15 is 0 Å². The summed E-state index contributed by atoms with van der Waals surface area (Å²) in [5.74, 6) is 1.52. The topological polar surface area (TPSA) is 46.5 Å². The minimum atomic E-state index is 0.608. The smallest absolute Gasteiger partial charge is 0.198 e. The van der Waals surface area contributed by atoms with Gasteiger partial charge in [-0.15, -0.1) is 0 Å². The van der Waals surface area contributed by atoms with Gasteiger partial charge in [-0.25, -0.2) is 0 Å². The van der Waals surface area contributed by atoms with Crippen LogP contribution in [0.3, 0.4) is 0 Å². The van der Waals surface area contributed by atoms with Crippen LogP contribution in [0, 0.1) is 0 Å². The van der Waals surface area contributed by atoms with E-state index in [9.17, 15) is 0 Å². The van der Waals surface area contributed by atoms with Crippen molar-refractivity contribution in [2.45, 2.75) is 13.3 Å². The zero-order valence-electron chi connectivity index (χ0n) is 11.1. The number of guanidine groups is 1. The predicted molar refractivity (Wildman–Crippen MR) is 79.7 cm³/mol. The lowest BCUT2D eigenvalue weighted by Crippen LogP contribution is -2.40. The van der Waals surface area contributed by atoms with Crippen LogP contribution >= 0.6 is 0 Å². The minimum Gasteiger partial charge on any atom is -0.369 e. The SMILES string of the molecule is CCCN1CC=C(n2ccc3ccccc32)N=C1N. The van der Waals surface area contributed by atoms with Gasteiger partial charge in [0.25, 0.3) is 0 Å². The van der Waals surface area contributed by atoms with Crippen molar-refractivity contribution >= 4 is 22.7 Å². The lowest BCUT2D eigenvalue weighted by Gasteiger charge is -2.25. The van der Waals surface area contributed by atoms with Gasteiger partial charge in [0.15, 0.2) is 5.96 Å². The Morgan fingerprint density at radius 1 is 1.26 bits per heavy atom. The zero-order chi connectivity index (χ0) is 13.2. The number of nitrogens with zero attached hydrogens (tertiary/aromatic N) is 3. The highest BCUT2D eigenvalue weighted by Gasteiger charge is 2.14. The summed E-state index contributed by atoms with van der Waals surface area (Å²) < 4.78 is 2.09. The lowest BCUT2D eigenvalue weighted by molar-refractivity contribution is 0.449. The monoisotopic (exact) mass is 254 g/mol. The molecule has 0 amide bonds. The molecule has 0 bridgehead atoms. The molecule has 2 aromatic rings. The largest absolute Gasteiger partial charge is 0.369 e. The molecule has 98 valence electrons. The first kappa shape index (κ1) is 11.8. The third-order valence-corrected chi connectivity index (χ3v) is 3.39. The number of fused-ring (bicyclic) bond motifs is 1. The normalized spacial score (nSPS) is 15.5. The summed E-state index contributed by atoms with van der Waals surface area (Å²) in [6.45, 7) is 3.92. The molecule has 0 radical (unpaired) electrons. The van der Waals surface area contributed by atoms with E-state index < -0.39 is 0 Å². The highest BCUT2D eigenvalue weighted by atomic mass is 15.3. The molecule has 0 aliphatic carbocycles. The maximum absolute atomic E-state index is 6.03. The molecular weight excluding hydrogens is 236 g/mol. The molecule has 4 nitrogen and oxygen atoms in total. The summed E-state index contributed by atoms with van der Waals surface area (Å²) in [7, 11) is 0. The average molecular weight is 254 g/mol. The first-order chi connectivity index (χ1) is 9.29. The van der Waals surface area contributed by atoms with Crippen LogP contribution in [0.2, 0.25) is 0 Å². The van der Waals surface area contributed by atoms with Crippen LogP contribution in [0.1, 0.15) is 13.3 Å². The Hall–Kier alpha value is -2.23. The summed E-state index contributed by atoms with van der Waals surface area (Å²) in [5, 5.41) is 1.22. The van der Waals surface area contributed by atoms with Crippen LogP contribution in [0.15, 0.2) is 47.6 Å². The Balaban J connectivity index is 1.96. The number of hydrogen-bond donors (Lipinski definition) is 1. The number of aliphatic imine (C=N–C) groups is 1. The van der Waals surface area contributed by atoms with Gasteiger partial charge in [-0.05, 0) is 30.0 Å². The van der Waals surface area contributed by atoms with Crippen molar-refractivity contribution in [2.24, 2.45) is 10.7 Å². The molecule has 4 heteroatoms. The molecule has 2 heterocycles. The maximum Gasteiger partial charge on any atom is 0.198 e. The zero-order valence-corrected chi connectivity index (χ0v) is 11.1. The fraction of sp³-hybridized carbons (Fsp3) is 0.267. The summed E-state index contributed by atoms with van der Waals surface area (Å²) in [5.41, 5.74) is 7.19. The number of hydrogen-bond acceptors (Lipinski definition) is 3. The molecular formula is C15H18N4. The van der Waals surface area contributed by atoms with Crippen LogP contribution in [0.25, 0.3) is 16.7 Å². The number of nitrogens with two attached hydrogens (primary N) is 1. The predicted octanol–water partition coefficient (Wildman–Crippen LogP) is 2.48. The second-order valence-electron chi connectivity index (χ2n) is 4.72. The van der Waals surface area contributed by atoms with Crippen molar-refractivity contribution in [3.63, 3.8) is 0 Å². The molecule has 3 rings (SSSR count). The Labute approximate surface area is 112 Å². The van der Waals surface area contributed by atoms with Crippen molar-refractivity contribution in [2.75, 3.05) is 13.1 Å². The van der Waals surface area contributed by atoms with Gasteiger partial charge in [-0.1, -0.05) is 25.1 Å². The van der Waals surface area contributed by atoms with Crippen LogP contribution < -0.4 is 5.73 Å². The Morgan fingerprint density at radius 3 is 2.89 bits per heavy atom. The van der Waals surface area contributed by atoms with Crippen LogP contribution in [0.4, 0.5) is 0 Å². The van der Waals surface area contributed by atoms with E-state index in [2.05, 4.69) is 45.7 Å². The molecule has 0 spiro atoms. The van der Waals surface area contributed by atoms with Gasteiger partial charge in [-0.2, -0.15) is 4.99 Å². The quantitative estimate of drug-likeness (QED) is 0.914. The molecule has 2 N–H and O–H groups in total. The molecule has 19 heavy (non-hydrogen) atoms. The van der Waals surface area contributed by atoms with Gasteiger partial charge in [0.05, 0.1) is 5.52 Å². The fourth-order valence-electron chi connectivity index (χ4n) is 2.43. The van der Waals surface area contributed by atoms with Gasteiger partial charge in [0.1, 0.15) is 5.82 Å². The Morgan fingerprint density at radius 2 is 2.11 bits per heavy atom. The molecule has 0 fully saturated rings. The maximum atomic E-state index is 6.03. The van der Waals surface area contributed by atoms with Gasteiger partial charge in [0.2, 0.25) is 0 Å². The van der Waals surface area contributed by atoms with Crippen LogP contribution in [-0.4, -0.2) is 28.5 Å². The Bertz CT molecular complexity index is 651. The second kappa shape index (κ2) is 4.80. The molecule has 0 unspecified atom stereocenters. The number of para-hydroxylation sites is 1. The van der Waals surface area contributed by atoms with E-state index in [0.29, 0.717) is 5.96 Å². The first-order valence-electron chi connectivity index (χ1n) is 6.65. The van der Waals surface area contributed by atoms with Crippen LogP contribution in [-0.2, 0) is 0 Å². The summed E-state index contributed by atoms with van der Waals surface area (Å²) >= 11 is 0. The Kier molecular flexibility index (Phi) is 2.99. The number of rotatable bonds is 3. The fourth-order valence-corrected chi connectivity index (χ4v) is 2.43. The van der Waals surface area contributed by atoms with E-state index in [1.165, 1.54) is 5.39 Å². The van der Waals surface area contributed by atoms with Gasteiger partial charge in [-0.3, -0.25) is 0 Å². The summed E-state index contributed by atoms with van der Waals surface area (Å²) in [4.78, 5) is 6.61. The summed E-state index contributed by atoms with van der Waals surface area (Å²) in [6.07, 6.45) is 5.24. The van der Waals surface area contributed by atoms with E-state index in [1.807, 2.05) is 18.3 Å². The third kappa shape index (κ3) is 2.10. The van der Waals surface area contributed by atoms with Gasteiger partial charge < -0.3 is 15.2 Å². The highest BCUT2D eigenvalue weighted by Crippen LogP contribution is 2.21. The number of aromatic nitrogens is 1. The first-order valence-corrected chi connectivity index (χ1v) is 6.65. The number of benzene rings is 1. The van der Waals surface area contributed by atoms with E-state index in [1.54, 1.807) is 0 Å². The van der Waals surface area contributed by atoms with Crippen LogP contribution in [0.5, 0.6) is 0 Å². The standard InChI is InChI=1S/C15H18N4/c1-2-9-18-10-8-14(17-15(18)16)19-11-7-12-5-3-4-6-13(12)19/h3-8,11H,2,9-10H2,1H3,(H2,16,17).